The Balaban J connectivity index is 1.94. The molecule has 120 valence electrons. The number of halogens is 1. The SMILES string of the molecule is COc1ccc(/C=N/NC(=O)Cc2ccc(C)cc2C)cc1Br. The zero-order valence-corrected chi connectivity index (χ0v) is 15.0. The fraction of sp³-hybridized carbons (Fsp3) is 0.222. The summed E-state index contributed by atoms with van der Waals surface area (Å²) in [6.45, 7) is 4.04. The lowest BCUT2D eigenvalue weighted by molar-refractivity contribution is -0.120. The van der Waals surface area contributed by atoms with Gasteiger partial charge in [-0.3, -0.25) is 4.79 Å². The number of rotatable bonds is 5. The molecule has 2 rings (SSSR count). The van der Waals surface area contributed by atoms with Gasteiger partial charge in [0.2, 0.25) is 5.91 Å². The maximum absolute atomic E-state index is 12.0. The zero-order valence-electron chi connectivity index (χ0n) is 13.4. The van der Waals surface area contributed by atoms with Crippen molar-refractivity contribution in [3.05, 3.63) is 63.1 Å². The van der Waals surface area contributed by atoms with Crippen LogP contribution in [0.2, 0.25) is 0 Å². The Morgan fingerprint density at radius 3 is 2.70 bits per heavy atom. The van der Waals surface area contributed by atoms with Crippen molar-refractivity contribution in [1.29, 1.82) is 0 Å². The molecule has 0 spiro atoms. The molecule has 0 unspecified atom stereocenters. The first-order valence-electron chi connectivity index (χ1n) is 7.21. The number of ether oxygens (including phenoxy) is 1. The quantitative estimate of drug-likeness (QED) is 0.639. The third-order valence-electron chi connectivity index (χ3n) is 3.43. The van der Waals surface area contributed by atoms with Crippen LogP contribution in [0.3, 0.4) is 0 Å². The van der Waals surface area contributed by atoms with Gasteiger partial charge in [-0.2, -0.15) is 5.10 Å². The van der Waals surface area contributed by atoms with E-state index in [4.69, 9.17) is 4.74 Å². The summed E-state index contributed by atoms with van der Waals surface area (Å²) in [4.78, 5) is 12.0. The Kier molecular flexibility index (Phi) is 5.93. The highest BCUT2D eigenvalue weighted by atomic mass is 79.9. The number of hydrogen-bond donors (Lipinski definition) is 1. The summed E-state index contributed by atoms with van der Waals surface area (Å²) in [5.74, 6) is 0.613. The third-order valence-corrected chi connectivity index (χ3v) is 4.05. The Bertz CT molecular complexity index is 742. The first kappa shape index (κ1) is 17.2. The summed E-state index contributed by atoms with van der Waals surface area (Å²) in [7, 11) is 1.61. The fourth-order valence-corrected chi connectivity index (χ4v) is 2.76. The lowest BCUT2D eigenvalue weighted by atomic mass is 10.0. The standard InChI is InChI=1S/C18H19BrN2O2/c1-12-4-6-15(13(2)8-12)10-18(22)21-20-11-14-5-7-17(23-3)16(19)9-14/h4-9,11H,10H2,1-3H3,(H,21,22)/b20-11+. The number of aryl methyl sites for hydroxylation is 2. The zero-order chi connectivity index (χ0) is 16.8. The van der Waals surface area contributed by atoms with Gasteiger partial charge in [0, 0.05) is 0 Å². The van der Waals surface area contributed by atoms with E-state index < -0.39 is 0 Å². The summed E-state index contributed by atoms with van der Waals surface area (Å²) in [6.07, 6.45) is 1.92. The van der Waals surface area contributed by atoms with Crippen LogP contribution in [0.5, 0.6) is 5.75 Å². The van der Waals surface area contributed by atoms with Gasteiger partial charge >= 0.3 is 0 Å². The average molecular weight is 375 g/mol. The van der Waals surface area contributed by atoms with Gasteiger partial charge in [0.05, 0.1) is 24.2 Å². The highest BCUT2D eigenvalue weighted by molar-refractivity contribution is 9.10. The summed E-state index contributed by atoms with van der Waals surface area (Å²) in [5, 5.41) is 4.00. The van der Waals surface area contributed by atoms with E-state index in [0.29, 0.717) is 6.42 Å². The van der Waals surface area contributed by atoms with Crippen LogP contribution in [0.15, 0.2) is 46.0 Å². The smallest absolute Gasteiger partial charge is 0.244 e. The van der Waals surface area contributed by atoms with E-state index in [-0.39, 0.29) is 5.91 Å². The average Bonchev–Trinajstić information content (AvgIpc) is 2.50. The van der Waals surface area contributed by atoms with E-state index in [9.17, 15) is 4.79 Å². The summed E-state index contributed by atoms with van der Waals surface area (Å²) in [5.41, 5.74) is 6.73. The summed E-state index contributed by atoms with van der Waals surface area (Å²) in [6, 6.07) is 11.6. The molecule has 0 radical (unpaired) electrons. The van der Waals surface area contributed by atoms with E-state index in [0.717, 1.165) is 26.9 Å². The molecule has 0 aliphatic heterocycles. The van der Waals surface area contributed by atoms with Crippen molar-refractivity contribution in [1.82, 2.24) is 5.43 Å². The second-order valence-electron chi connectivity index (χ2n) is 5.29. The lowest BCUT2D eigenvalue weighted by Crippen LogP contribution is -2.20. The summed E-state index contributed by atoms with van der Waals surface area (Å²) >= 11 is 3.41. The van der Waals surface area contributed by atoms with Gasteiger partial charge < -0.3 is 4.74 Å². The van der Waals surface area contributed by atoms with Gasteiger partial charge in [0.1, 0.15) is 5.75 Å². The third kappa shape index (κ3) is 4.93. The molecule has 0 aromatic heterocycles. The summed E-state index contributed by atoms with van der Waals surface area (Å²) < 4.78 is 6.01. The molecule has 0 bridgehead atoms. The van der Waals surface area contributed by atoms with Gasteiger partial charge in [-0.15, -0.1) is 0 Å². The maximum Gasteiger partial charge on any atom is 0.244 e. The number of carbonyl (C=O) groups is 1. The molecule has 0 aliphatic carbocycles. The molecular formula is C18H19BrN2O2. The first-order chi connectivity index (χ1) is 11.0. The van der Waals surface area contributed by atoms with Gasteiger partial charge in [0.25, 0.3) is 0 Å². The molecule has 4 nitrogen and oxygen atoms in total. The monoisotopic (exact) mass is 374 g/mol. The Morgan fingerprint density at radius 1 is 1.26 bits per heavy atom. The minimum absolute atomic E-state index is 0.138. The van der Waals surface area contributed by atoms with Gasteiger partial charge in [0.15, 0.2) is 0 Å². The van der Waals surface area contributed by atoms with Crippen LogP contribution in [-0.2, 0) is 11.2 Å². The maximum atomic E-state index is 12.0. The van der Waals surface area contributed by atoms with Crippen LogP contribution in [0, 0.1) is 13.8 Å². The number of methoxy groups -OCH3 is 1. The van der Waals surface area contributed by atoms with Crippen LogP contribution >= 0.6 is 15.9 Å². The second-order valence-corrected chi connectivity index (χ2v) is 6.15. The Labute approximate surface area is 144 Å². The Morgan fingerprint density at radius 2 is 2.04 bits per heavy atom. The van der Waals surface area contributed by atoms with Crippen molar-refractivity contribution in [3.63, 3.8) is 0 Å². The predicted octanol–water partition coefficient (Wildman–Crippen LogP) is 3.77. The van der Waals surface area contributed by atoms with Gasteiger partial charge in [-0.05, 0) is 64.7 Å². The Hall–Kier alpha value is -2.14. The second kappa shape index (κ2) is 7.92. The molecule has 0 heterocycles. The molecule has 2 aromatic carbocycles. The number of hydrazone groups is 1. The number of hydrogen-bond acceptors (Lipinski definition) is 3. The molecule has 0 aliphatic rings. The molecule has 0 fully saturated rings. The van der Waals surface area contributed by atoms with Crippen LogP contribution in [-0.4, -0.2) is 19.2 Å². The fourth-order valence-electron chi connectivity index (χ4n) is 2.20. The van der Waals surface area contributed by atoms with Crippen LogP contribution in [0.25, 0.3) is 0 Å². The normalized spacial score (nSPS) is 10.8. The van der Waals surface area contributed by atoms with Crippen LogP contribution < -0.4 is 10.2 Å². The molecule has 2 aromatic rings. The van der Waals surface area contributed by atoms with Crippen molar-refractivity contribution >= 4 is 28.1 Å². The van der Waals surface area contributed by atoms with Crippen molar-refractivity contribution in [3.8, 4) is 5.75 Å². The minimum Gasteiger partial charge on any atom is -0.496 e. The van der Waals surface area contributed by atoms with E-state index in [1.54, 1.807) is 13.3 Å². The molecule has 23 heavy (non-hydrogen) atoms. The van der Waals surface area contributed by atoms with E-state index in [2.05, 4.69) is 32.5 Å². The number of nitrogens with one attached hydrogen (secondary N) is 1. The molecule has 0 saturated carbocycles. The largest absolute Gasteiger partial charge is 0.496 e. The van der Waals surface area contributed by atoms with E-state index in [1.165, 1.54) is 5.56 Å². The predicted molar refractivity (Wildman–Crippen MR) is 96.1 cm³/mol. The highest BCUT2D eigenvalue weighted by Gasteiger charge is 2.05. The van der Waals surface area contributed by atoms with Gasteiger partial charge in [-0.1, -0.05) is 23.8 Å². The number of benzene rings is 2. The van der Waals surface area contributed by atoms with Crippen molar-refractivity contribution < 1.29 is 9.53 Å². The molecule has 1 N–H and O–H groups in total. The molecule has 0 saturated heterocycles. The lowest BCUT2D eigenvalue weighted by Gasteiger charge is -2.06. The molecule has 5 heteroatoms. The number of amides is 1. The topological polar surface area (TPSA) is 50.7 Å². The van der Waals surface area contributed by atoms with Crippen molar-refractivity contribution in [2.45, 2.75) is 20.3 Å². The molecule has 1 amide bonds. The van der Waals surface area contributed by atoms with Crippen LogP contribution in [0.1, 0.15) is 22.3 Å². The first-order valence-corrected chi connectivity index (χ1v) is 8.00. The van der Waals surface area contributed by atoms with Crippen molar-refractivity contribution in [2.75, 3.05) is 7.11 Å². The van der Waals surface area contributed by atoms with E-state index in [1.807, 2.05) is 44.2 Å². The van der Waals surface area contributed by atoms with E-state index >= 15 is 0 Å². The number of carbonyl (C=O) groups excluding carboxylic acids is 1. The minimum atomic E-state index is -0.138. The molecule has 0 atom stereocenters. The highest BCUT2D eigenvalue weighted by Crippen LogP contribution is 2.24. The molecular weight excluding hydrogens is 356 g/mol. The van der Waals surface area contributed by atoms with Crippen molar-refractivity contribution in [2.24, 2.45) is 5.10 Å². The van der Waals surface area contributed by atoms with Gasteiger partial charge in [-0.25, -0.2) is 5.43 Å². The number of nitrogens with zero attached hydrogens (tertiary/aromatic N) is 1. The van der Waals surface area contributed by atoms with Crippen LogP contribution in [0.4, 0.5) is 0 Å².